The average Bonchev–Trinajstić information content (AvgIpc) is 2.93. The fourth-order valence-electron chi connectivity index (χ4n) is 4.12. The van der Waals surface area contributed by atoms with Gasteiger partial charge < -0.3 is 10.1 Å². The predicted molar refractivity (Wildman–Crippen MR) is 87.9 cm³/mol. The number of para-hydroxylation sites is 1. The summed E-state index contributed by atoms with van der Waals surface area (Å²) in [6.07, 6.45) is 8.22. The van der Waals surface area contributed by atoms with Crippen molar-refractivity contribution < 1.29 is 4.74 Å². The molecule has 1 aliphatic heterocycles. The third kappa shape index (κ3) is 3.60. The summed E-state index contributed by atoms with van der Waals surface area (Å²) in [4.78, 5) is 0. The van der Waals surface area contributed by atoms with E-state index in [2.05, 4.69) is 36.5 Å². The van der Waals surface area contributed by atoms with Crippen molar-refractivity contribution in [2.75, 3.05) is 19.7 Å². The molecule has 1 aromatic carbocycles. The average molecular weight is 287 g/mol. The van der Waals surface area contributed by atoms with Crippen molar-refractivity contribution in [1.29, 1.82) is 0 Å². The molecule has 2 nitrogen and oxygen atoms in total. The topological polar surface area (TPSA) is 21.3 Å². The van der Waals surface area contributed by atoms with Crippen LogP contribution in [0.1, 0.15) is 56.9 Å². The highest BCUT2D eigenvalue weighted by atomic mass is 16.5. The van der Waals surface area contributed by atoms with E-state index in [1.807, 2.05) is 0 Å². The molecule has 3 atom stereocenters. The number of rotatable bonds is 6. The molecule has 21 heavy (non-hydrogen) atoms. The third-order valence-corrected chi connectivity index (χ3v) is 5.29. The Bertz CT molecular complexity index is 445. The molecule has 3 unspecified atom stereocenters. The molecule has 1 saturated carbocycles. The van der Waals surface area contributed by atoms with E-state index in [1.165, 1.54) is 57.2 Å². The first-order valence-electron chi connectivity index (χ1n) is 8.81. The van der Waals surface area contributed by atoms with Crippen LogP contribution in [0.2, 0.25) is 0 Å². The maximum Gasteiger partial charge on any atom is 0.122 e. The minimum absolute atomic E-state index is 0.623. The predicted octanol–water partition coefficient (Wildman–Crippen LogP) is 4.36. The van der Waals surface area contributed by atoms with E-state index in [1.54, 1.807) is 0 Å². The molecule has 1 aromatic rings. The molecule has 1 aliphatic carbocycles. The van der Waals surface area contributed by atoms with E-state index < -0.39 is 0 Å². The Kier molecular flexibility index (Phi) is 5.18. The van der Waals surface area contributed by atoms with Crippen LogP contribution in [-0.4, -0.2) is 19.7 Å². The van der Waals surface area contributed by atoms with E-state index in [0.29, 0.717) is 5.92 Å². The molecule has 1 heterocycles. The highest BCUT2D eigenvalue weighted by molar-refractivity contribution is 5.39. The largest absolute Gasteiger partial charge is 0.493 e. The van der Waals surface area contributed by atoms with Gasteiger partial charge in [0.05, 0.1) is 6.61 Å². The molecule has 1 N–H and O–H groups in total. The summed E-state index contributed by atoms with van der Waals surface area (Å²) < 4.78 is 5.87. The van der Waals surface area contributed by atoms with Crippen LogP contribution in [0, 0.1) is 11.8 Å². The maximum absolute atomic E-state index is 5.87. The van der Waals surface area contributed by atoms with Crippen molar-refractivity contribution in [1.82, 2.24) is 5.32 Å². The third-order valence-electron chi connectivity index (χ3n) is 5.29. The van der Waals surface area contributed by atoms with E-state index in [0.717, 1.165) is 24.2 Å². The lowest BCUT2D eigenvalue weighted by Gasteiger charge is -2.33. The lowest BCUT2D eigenvalue weighted by atomic mass is 9.74. The maximum atomic E-state index is 5.87. The molecule has 116 valence electrons. The quantitative estimate of drug-likeness (QED) is 0.785. The van der Waals surface area contributed by atoms with Crippen molar-refractivity contribution in [2.24, 2.45) is 11.8 Å². The second-order valence-electron chi connectivity index (χ2n) is 6.79. The Morgan fingerprint density at radius 3 is 2.81 bits per heavy atom. The van der Waals surface area contributed by atoms with Gasteiger partial charge in [-0.05, 0) is 50.3 Å². The summed E-state index contributed by atoms with van der Waals surface area (Å²) in [5, 5.41) is 3.65. The van der Waals surface area contributed by atoms with Crippen LogP contribution in [0.4, 0.5) is 0 Å². The van der Waals surface area contributed by atoms with Gasteiger partial charge in [0.2, 0.25) is 0 Å². The molecule has 0 amide bonds. The van der Waals surface area contributed by atoms with Crippen molar-refractivity contribution in [3.8, 4) is 5.75 Å². The molecule has 0 radical (unpaired) electrons. The first kappa shape index (κ1) is 14.9. The lowest BCUT2D eigenvalue weighted by molar-refractivity contribution is 0.196. The zero-order chi connectivity index (χ0) is 14.5. The summed E-state index contributed by atoms with van der Waals surface area (Å²) in [5.74, 6) is 3.50. The standard InChI is InChI=1S/C19H29NO/c1-2-11-20-13-16-8-4-3-7-15(16)12-17-14-21-19-10-6-5-9-18(17)19/h5-6,9-10,15-17,20H,2-4,7-8,11-14H2,1H3. The molecule has 2 aliphatic rings. The fraction of sp³-hybridized carbons (Fsp3) is 0.684. The summed E-state index contributed by atoms with van der Waals surface area (Å²) in [6.45, 7) is 5.52. The van der Waals surface area contributed by atoms with Gasteiger partial charge in [0.15, 0.2) is 0 Å². The van der Waals surface area contributed by atoms with Gasteiger partial charge in [-0.3, -0.25) is 0 Å². The molecule has 1 fully saturated rings. The molecular formula is C19H29NO. The molecule has 0 aromatic heterocycles. The minimum atomic E-state index is 0.623. The highest BCUT2D eigenvalue weighted by Crippen LogP contribution is 2.42. The molecule has 3 rings (SSSR count). The number of nitrogens with one attached hydrogen (secondary N) is 1. The molecule has 0 spiro atoms. The number of benzene rings is 1. The van der Waals surface area contributed by atoms with Crippen LogP contribution in [0.25, 0.3) is 0 Å². The zero-order valence-corrected chi connectivity index (χ0v) is 13.3. The number of hydrogen-bond donors (Lipinski definition) is 1. The molecule has 0 saturated heterocycles. The summed E-state index contributed by atoms with van der Waals surface area (Å²) in [5.41, 5.74) is 1.45. The van der Waals surface area contributed by atoms with Gasteiger partial charge in [0.1, 0.15) is 5.75 Å². The van der Waals surface area contributed by atoms with E-state index in [4.69, 9.17) is 4.74 Å². The SMILES string of the molecule is CCCNCC1CCCCC1CC1COc2ccccc21. The van der Waals surface area contributed by atoms with Crippen LogP contribution >= 0.6 is 0 Å². The van der Waals surface area contributed by atoms with E-state index in [9.17, 15) is 0 Å². The second kappa shape index (κ2) is 7.31. The summed E-state index contributed by atoms with van der Waals surface area (Å²) >= 11 is 0. The summed E-state index contributed by atoms with van der Waals surface area (Å²) in [7, 11) is 0. The molecule has 0 bridgehead atoms. The van der Waals surface area contributed by atoms with Gasteiger partial charge in [-0.2, -0.15) is 0 Å². The minimum Gasteiger partial charge on any atom is -0.493 e. The van der Waals surface area contributed by atoms with Crippen molar-refractivity contribution in [3.63, 3.8) is 0 Å². The Morgan fingerprint density at radius 1 is 1.14 bits per heavy atom. The van der Waals surface area contributed by atoms with Gasteiger partial charge in [0, 0.05) is 11.5 Å². The second-order valence-corrected chi connectivity index (χ2v) is 6.79. The first-order chi connectivity index (χ1) is 10.4. The molecular weight excluding hydrogens is 258 g/mol. The Balaban J connectivity index is 1.60. The smallest absolute Gasteiger partial charge is 0.122 e. The van der Waals surface area contributed by atoms with Gasteiger partial charge in [-0.15, -0.1) is 0 Å². The van der Waals surface area contributed by atoms with Crippen LogP contribution in [0.3, 0.4) is 0 Å². The van der Waals surface area contributed by atoms with Gasteiger partial charge in [-0.1, -0.05) is 44.4 Å². The highest BCUT2D eigenvalue weighted by Gasteiger charge is 2.31. The Hall–Kier alpha value is -1.02. The van der Waals surface area contributed by atoms with Crippen molar-refractivity contribution in [2.45, 2.75) is 51.4 Å². The van der Waals surface area contributed by atoms with Gasteiger partial charge >= 0.3 is 0 Å². The number of fused-ring (bicyclic) bond motifs is 1. The molecule has 2 heteroatoms. The lowest BCUT2D eigenvalue weighted by Crippen LogP contribution is -2.32. The zero-order valence-electron chi connectivity index (χ0n) is 13.3. The van der Waals surface area contributed by atoms with Crippen molar-refractivity contribution >= 4 is 0 Å². The fourth-order valence-corrected chi connectivity index (χ4v) is 4.12. The normalized spacial score (nSPS) is 28.1. The monoisotopic (exact) mass is 287 g/mol. The van der Waals surface area contributed by atoms with Crippen LogP contribution < -0.4 is 10.1 Å². The van der Waals surface area contributed by atoms with Gasteiger partial charge in [0.25, 0.3) is 0 Å². The van der Waals surface area contributed by atoms with Crippen LogP contribution in [0.15, 0.2) is 24.3 Å². The first-order valence-corrected chi connectivity index (χ1v) is 8.81. The number of hydrogen-bond acceptors (Lipinski definition) is 2. The van der Waals surface area contributed by atoms with Crippen molar-refractivity contribution in [3.05, 3.63) is 29.8 Å². The number of ether oxygens (including phenoxy) is 1. The van der Waals surface area contributed by atoms with E-state index >= 15 is 0 Å². The summed E-state index contributed by atoms with van der Waals surface area (Å²) in [6, 6.07) is 8.62. The Morgan fingerprint density at radius 2 is 1.95 bits per heavy atom. The van der Waals surface area contributed by atoms with Gasteiger partial charge in [-0.25, -0.2) is 0 Å². The Labute approximate surface area is 129 Å². The van der Waals surface area contributed by atoms with E-state index in [-0.39, 0.29) is 0 Å². The van der Waals surface area contributed by atoms with Crippen LogP contribution in [0.5, 0.6) is 5.75 Å². The van der Waals surface area contributed by atoms with Crippen LogP contribution in [-0.2, 0) is 0 Å².